The van der Waals surface area contributed by atoms with E-state index in [4.69, 9.17) is 4.74 Å². The zero-order chi connectivity index (χ0) is 19.2. The fourth-order valence-electron chi connectivity index (χ4n) is 3.38. The molecule has 146 valence electrons. The second-order valence-electron chi connectivity index (χ2n) is 6.91. The summed E-state index contributed by atoms with van der Waals surface area (Å²) in [5, 5.41) is 4.12. The number of carbonyl (C=O) groups is 1. The molecule has 0 spiro atoms. The Kier molecular flexibility index (Phi) is 6.54. The Morgan fingerprint density at radius 1 is 0.964 bits per heavy atom. The third-order valence-corrected chi connectivity index (χ3v) is 6.55. The van der Waals surface area contributed by atoms with E-state index in [9.17, 15) is 4.79 Å². The predicted octanol–water partition coefficient (Wildman–Crippen LogP) is 4.48. The van der Waals surface area contributed by atoms with Crippen LogP contribution in [-0.2, 0) is 24.4 Å². The molecule has 0 N–H and O–H groups in total. The number of rotatable bonds is 7. The molecular formula is C22H24N2O2S2. The topological polar surface area (TPSA) is 32.8 Å². The highest BCUT2D eigenvalue weighted by atomic mass is 32.1. The average Bonchev–Trinajstić information content (AvgIpc) is 3.42. The molecule has 0 atom stereocenters. The van der Waals surface area contributed by atoms with E-state index >= 15 is 0 Å². The van der Waals surface area contributed by atoms with E-state index in [1.54, 1.807) is 22.7 Å². The summed E-state index contributed by atoms with van der Waals surface area (Å²) >= 11 is 3.39. The lowest BCUT2D eigenvalue weighted by molar-refractivity contribution is 0.0341. The summed E-state index contributed by atoms with van der Waals surface area (Å²) in [6, 6.07) is 16.3. The molecule has 0 radical (unpaired) electrons. The van der Waals surface area contributed by atoms with Gasteiger partial charge in [0.05, 0.1) is 26.3 Å². The summed E-state index contributed by atoms with van der Waals surface area (Å²) in [5.74, 6) is 0.0885. The quantitative estimate of drug-likeness (QED) is 0.573. The fourth-order valence-corrected chi connectivity index (χ4v) is 4.82. The minimum absolute atomic E-state index is 0.0885. The molecular weight excluding hydrogens is 388 g/mol. The summed E-state index contributed by atoms with van der Waals surface area (Å²) in [6.45, 7) is 5.61. The third kappa shape index (κ3) is 5.08. The van der Waals surface area contributed by atoms with Gasteiger partial charge in [-0.05, 0) is 40.6 Å². The molecule has 3 aromatic rings. The molecule has 0 bridgehead atoms. The van der Waals surface area contributed by atoms with Crippen molar-refractivity contribution in [1.29, 1.82) is 0 Å². The van der Waals surface area contributed by atoms with Crippen molar-refractivity contribution in [3.8, 4) is 0 Å². The van der Waals surface area contributed by atoms with Gasteiger partial charge in [0.25, 0.3) is 5.91 Å². The van der Waals surface area contributed by atoms with Crippen LogP contribution in [0.2, 0.25) is 0 Å². The van der Waals surface area contributed by atoms with Gasteiger partial charge in [-0.25, -0.2) is 0 Å². The lowest BCUT2D eigenvalue weighted by atomic mass is 10.1. The van der Waals surface area contributed by atoms with Gasteiger partial charge in [0, 0.05) is 35.0 Å². The smallest absolute Gasteiger partial charge is 0.254 e. The van der Waals surface area contributed by atoms with E-state index in [-0.39, 0.29) is 5.91 Å². The van der Waals surface area contributed by atoms with Crippen molar-refractivity contribution in [2.24, 2.45) is 0 Å². The van der Waals surface area contributed by atoms with E-state index < -0.39 is 0 Å². The molecule has 1 aromatic carbocycles. The van der Waals surface area contributed by atoms with E-state index in [2.05, 4.69) is 33.9 Å². The number of hydrogen-bond acceptors (Lipinski definition) is 5. The van der Waals surface area contributed by atoms with Crippen LogP contribution < -0.4 is 0 Å². The van der Waals surface area contributed by atoms with E-state index in [1.807, 2.05) is 35.2 Å². The van der Waals surface area contributed by atoms with Gasteiger partial charge in [-0.1, -0.05) is 24.3 Å². The predicted molar refractivity (Wildman–Crippen MR) is 115 cm³/mol. The normalized spacial score (nSPS) is 14.9. The van der Waals surface area contributed by atoms with Crippen molar-refractivity contribution >= 4 is 28.6 Å². The molecule has 1 fully saturated rings. The Balaban J connectivity index is 1.51. The third-order valence-electron chi connectivity index (χ3n) is 4.82. The molecule has 0 aliphatic carbocycles. The first kappa shape index (κ1) is 19.3. The summed E-state index contributed by atoms with van der Waals surface area (Å²) < 4.78 is 5.43. The standard InChI is InChI=1S/C22H24N2O2S2/c25-22(19-5-1-4-18(14-19)15-23-8-10-26-11-9-23)24(16-20-6-2-12-27-20)17-21-7-3-13-28-21/h1-7,12-14H,8-11,15-17H2. The van der Waals surface area contributed by atoms with Crippen molar-refractivity contribution in [3.63, 3.8) is 0 Å². The van der Waals surface area contributed by atoms with Crippen molar-refractivity contribution < 1.29 is 9.53 Å². The van der Waals surface area contributed by atoms with Crippen molar-refractivity contribution in [2.75, 3.05) is 26.3 Å². The van der Waals surface area contributed by atoms with Crippen LogP contribution in [0.3, 0.4) is 0 Å². The number of amides is 1. The Hall–Kier alpha value is -1.99. The first-order chi connectivity index (χ1) is 13.8. The summed E-state index contributed by atoms with van der Waals surface area (Å²) in [7, 11) is 0. The first-order valence-corrected chi connectivity index (χ1v) is 11.3. The highest BCUT2D eigenvalue weighted by Gasteiger charge is 2.19. The van der Waals surface area contributed by atoms with Gasteiger partial charge in [-0.2, -0.15) is 0 Å². The number of hydrogen-bond donors (Lipinski definition) is 0. The van der Waals surface area contributed by atoms with Crippen LogP contribution in [-0.4, -0.2) is 42.0 Å². The zero-order valence-electron chi connectivity index (χ0n) is 15.8. The first-order valence-electron chi connectivity index (χ1n) is 9.51. The minimum Gasteiger partial charge on any atom is -0.379 e. The zero-order valence-corrected chi connectivity index (χ0v) is 17.4. The van der Waals surface area contributed by atoms with E-state index in [0.29, 0.717) is 13.1 Å². The van der Waals surface area contributed by atoms with E-state index in [1.165, 1.54) is 15.3 Å². The molecule has 4 nitrogen and oxygen atoms in total. The highest BCUT2D eigenvalue weighted by molar-refractivity contribution is 7.10. The molecule has 3 heterocycles. The van der Waals surface area contributed by atoms with Gasteiger partial charge in [0.1, 0.15) is 0 Å². The number of benzene rings is 1. The lowest BCUT2D eigenvalue weighted by Crippen LogP contribution is -2.35. The van der Waals surface area contributed by atoms with Crippen LogP contribution >= 0.6 is 22.7 Å². The maximum atomic E-state index is 13.3. The summed E-state index contributed by atoms with van der Waals surface area (Å²) in [6.07, 6.45) is 0. The second kappa shape index (κ2) is 9.47. The molecule has 6 heteroatoms. The van der Waals surface area contributed by atoms with Gasteiger partial charge >= 0.3 is 0 Å². The van der Waals surface area contributed by atoms with Crippen molar-refractivity contribution in [3.05, 3.63) is 80.2 Å². The largest absolute Gasteiger partial charge is 0.379 e. The Morgan fingerprint density at radius 3 is 2.25 bits per heavy atom. The van der Waals surface area contributed by atoms with Crippen molar-refractivity contribution in [2.45, 2.75) is 19.6 Å². The molecule has 28 heavy (non-hydrogen) atoms. The highest BCUT2D eigenvalue weighted by Crippen LogP contribution is 2.20. The van der Waals surface area contributed by atoms with Gasteiger partial charge < -0.3 is 9.64 Å². The Labute approximate surface area is 174 Å². The number of thiophene rings is 2. The number of morpholine rings is 1. The van der Waals surface area contributed by atoms with Crippen LogP contribution in [0.5, 0.6) is 0 Å². The molecule has 1 aliphatic rings. The number of nitrogens with zero attached hydrogens (tertiary/aromatic N) is 2. The summed E-state index contributed by atoms with van der Waals surface area (Å²) in [4.78, 5) is 20.1. The van der Waals surface area contributed by atoms with Crippen LogP contribution in [0, 0.1) is 0 Å². The molecule has 1 saturated heterocycles. The van der Waals surface area contributed by atoms with Crippen LogP contribution in [0.15, 0.2) is 59.3 Å². The average molecular weight is 413 g/mol. The van der Waals surface area contributed by atoms with Gasteiger partial charge in [0.15, 0.2) is 0 Å². The molecule has 2 aromatic heterocycles. The minimum atomic E-state index is 0.0885. The molecule has 0 unspecified atom stereocenters. The Bertz CT molecular complexity index is 836. The fraction of sp³-hybridized carbons (Fsp3) is 0.318. The van der Waals surface area contributed by atoms with Crippen LogP contribution in [0.1, 0.15) is 25.7 Å². The van der Waals surface area contributed by atoms with Crippen LogP contribution in [0.25, 0.3) is 0 Å². The van der Waals surface area contributed by atoms with Gasteiger partial charge in [-0.15, -0.1) is 22.7 Å². The lowest BCUT2D eigenvalue weighted by Gasteiger charge is -2.27. The van der Waals surface area contributed by atoms with E-state index in [0.717, 1.165) is 38.4 Å². The van der Waals surface area contributed by atoms with Crippen molar-refractivity contribution in [1.82, 2.24) is 9.80 Å². The summed E-state index contributed by atoms with van der Waals surface area (Å²) in [5.41, 5.74) is 1.94. The molecule has 4 rings (SSSR count). The van der Waals surface area contributed by atoms with Crippen LogP contribution in [0.4, 0.5) is 0 Å². The second-order valence-corrected chi connectivity index (χ2v) is 8.97. The maximum absolute atomic E-state index is 13.3. The monoisotopic (exact) mass is 412 g/mol. The SMILES string of the molecule is O=C(c1cccc(CN2CCOCC2)c1)N(Cc1cccs1)Cc1cccs1. The molecule has 1 amide bonds. The van der Waals surface area contributed by atoms with Gasteiger partial charge in [-0.3, -0.25) is 9.69 Å². The number of carbonyl (C=O) groups excluding carboxylic acids is 1. The molecule has 0 saturated carbocycles. The van der Waals surface area contributed by atoms with Gasteiger partial charge in [0.2, 0.25) is 0 Å². The molecule has 1 aliphatic heterocycles. The Morgan fingerprint density at radius 2 is 1.64 bits per heavy atom. The maximum Gasteiger partial charge on any atom is 0.254 e. The number of ether oxygens (including phenoxy) is 1.